The number of aliphatic imine (C=N–C) groups is 1. The van der Waals surface area contributed by atoms with Crippen LogP contribution in [0.2, 0.25) is 10.0 Å². The van der Waals surface area contributed by atoms with Crippen LogP contribution in [-0.2, 0) is 5.75 Å². The predicted molar refractivity (Wildman–Crippen MR) is 117 cm³/mol. The van der Waals surface area contributed by atoms with Crippen molar-refractivity contribution in [2.75, 3.05) is 0 Å². The standard InChI is InChI=1S/C22H18Cl2N2S/c23-18-12-11-15(13-19(18)24)14-27-22-25-20(16-7-3-1-4-8-16)21(26-22)17-9-5-2-6-10-17/h1-13,20-21H,14H2,(H,25,26)/t20-,21+. The molecular formula is C22H18Cl2N2S. The Morgan fingerprint density at radius 1 is 0.815 bits per heavy atom. The zero-order valence-corrected chi connectivity index (χ0v) is 16.8. The zero-order valence-electron chi connectivity index (χ0n) is 14.5. The van der Waals surface area contributed by atoms with Gasteiger partial charge < -0.3 is 5.32 Å². The minimum Gasteiger partial charge on any atom is -0.356 e. The second kappa shape index (κ2) is 8.39. The van der Waals surface area contributed by atoms with Crippen LogP contribution in [0.3, 0.4) is 0 Å². The quantitative estimate of drug-likeness (QED) is 0.517. The van der Waals surface area contributed by atoms with Crippen molar-refractivity contribution in [2.45, 2.75) is 17.8 Å². The molecule has 0 saturated carbocycles. The van der Waals surface area contributed by atoms with E-state index in [1.807, 2.05) is 30.3 Å². The Bertz CT molecular complexity index is 945. The number of amidine groups is 1. The van der Waals surface area contributed by atoms with Crippen LogP contribution in [0.5, 0.6) is 0 Å². The van der Waals surface area contributed by atoms with Crippen LogP contribution in [0.1, 0.15) is 28.8 Å². The van der Waals surface area contributed by atoms with Gasteiger partial charge in [0.2, 0.25) is 0 Å². The Kier molecular flexibility index (Phi) is 5.72. The molecule has 0 spiro atoms. The van der Waals surface area contributed by atoms with Crippen LogP contribution in [0.4, 0.5) is 0 Å². The molecule has 5 heteroatoms. The molecule has 1 aliphatic heterocycles. The van der Waals surface area contributed by atoms with Crippen LogP contribution in [0.15, 0.2) is 83.9 Å². The lowest BCUT2D eigenvalue weighted by Gasteiger charge is -2.19. The first-order chi connectivity index (χ1) is 13.2. The fourth-order valence-electron chi connectivity index (χ4n) is 3.15. The summed E-state index contributed by atoms with van der Waals surface area (Å²) in [7, 11) is 0. The Morgan fingerprint density at radius 2 is 1.48 bits per heavy atom. The van der Waals surface area contributed by atoms with Gasteiger partial charge in [0.1, 0.15) is 6.04 Å². The molecule has 136 valence electrons. The number of hydrogen-bond donors (Lipinski definition) is 1. The highest BCUT2D eigenvalue weighted by Gasteiger charge is 2.31. The molecule has 0 saturated heterocycles. The molecular weight excluding hydrogens is 395 g/mol. The lowest BCUT2D eigenvalue weighted by atomic mass is 9.95. The second-order valence-corrected chi connectivity index (χ2v) is 8.14. The monoisotopic (exact) mass is 412 g/mol. The number of nitrogens with zero attached hydrogens (tertiary/aromatic N) is 1. The molecule has 2 atom stereocenters. The van der Waals surface area contributed by atoms with Gasteiger partial charge in [0.15, 0.2) is 5.17 Å². The highest BCUT2D eigenvalue weighted by Crippen LogP contribution is 2.38. The van der Waals surface area contributed by atoms with Gasteiger partial charge in [-0.2, -0.15) is 0 Å². The molecule has 1 heterocycles. The summed E-state index contributed by atoms with van der Waals surface area (Å²) in [6.45, 7) is 0. The summed E-state index contributed by atoms with van der Waals surface area (Å²) in [6, 6.07) is 26.8. The van der Waals surface area contributed by atoms with Crippen LogP contribution in [0, 0.1) is 0 Å². The average molecular weight is 413 g/mol. The molecule has 0 fully saturated rings. The topological polar surface area (TPSA) is 24.4 Å². The first kappa shape index (κ1) is 18.4. The van der Waals surface area contributed by atoms with Gasteiger partial charge in [-0.15, -0.1) is 0 Å². The van der Waals surface area contributed by atoms with E-state index in [2.05, 4.69) is 53.8 Å². The number of thioether (sulfide) groups is 1. The van der Waals surface area contributed by atoms with E-state index in [9.17, 15) is 0 Å². The normalized spacial score (nSPS) is 18.8. The highest BCUT2D eigenvalue weighted by atomic mass is 35.5. The van der Waals surface area contributed by atoms with Crippen molar-refractivity contribution in [1.82, 2.24) is 5.32 Å². The van der Waals surface area contributed by atoms with E-state index in [1.165, 1.54) is 11.1 Å². The maximum Gasteiger partial charge on any atom is 0.158 e. The van der Waals surface area contributed by atoms with Crippen molar-refractivity contribution in [3.8, 4) is 0 Å². The minimum absolute atomic E-state index is 0.0601. The summed E-state index contributed by atoms with van der Waals surface area (Å²) in [5.74, 6) is 0.783. The van der Waals surface area contributed by atoms with Crippen LogP contribution < -0.4 is 5.32 Å². The van der Waals surface area contributed by atoms with Gasteiger partial charge in [-0.1, -0.05) is 102 Å². The number of halogens is 2. The van der Waals surface area contributed by atoms with E-state index in [-0.39, 0.29) is 12.1 Å². The van der Waals surface area contributed by atoms with Gasteiger partial charge >= 0.3 is 0 Å². The van der Waals surface area contributed by atoms with E-state index in [4.69, 9.17) is 28.2 Å². The molecule has 3 aromatic carbocycles. The molecule has 3 aromatic rings. The van der Waals surface area contributed by atoms with Gasteiger partial charge in [-0.05, 0) is 28.8 Å². The van der Waals surface area contributed by atoms with Crippen LogP contribution in [0.25, 0.3) is 0 Å². The summed E-state index contributed by atoms with van der Waals surface area (Å²) in [5.41, 5.74) is 3.57. The number of rotatable bonds is 4. The molecule has 0 unspecified atom stereocenters. The van der Waals surface area contributed by atoms with Crippen LogP contribution >= 0.6 is 35.0 Å². The third-order valence-electron chi connectivity index (χ3n) is 4.51. The van der Waals surface area contributed by atoms with Crippen molar-refractivity contribution in [3.63, 3.8) is 0 Å². The summed E-state index contributed by atoms with van der Waals surface area (Å²) >= 11 is 13.8. The summed E-state index contributed by atoms with van der Waals surface area (Å²) in [5, 5.41) is 5.72. The highest BCUT2D eigenvalue weighted by molar-refractivity contribution is 8.13. The van der Waals surface area contributed by atoms with Gasteiger partial charge in [-0.3, -0.25) is 4.99 Å². The second-order valence-electron chi connectivity index (χ2n) is 6.36. The Balaban J connectivity index is 1.55. The van der Waals surface area contributed by atoms with E-state index in [1.54, 1.807) is 11.8 Å². The van der Waals surface area contributed by atoms with Crippen molar-refractivity contribution in [2.24, 2.45) is 4.99 Å². The zero-order chi connectivity index (χ0) is 18.6. The van der Waals surface area contributed by atoms with Crippen molar-refractivity contribution < 1.29 is 0 Å². The molecule has 0 amide bonds. The van der Waals surface area contributed by atoms with Gasteiger partial charge in [0.05, 0.1) is 16.1 Å². The summed E-state index contributed by atoms with van der Waals surface area (Å²) in [6.07, 6.45) is 0. The first-order valence-electron chi connectivity index (χ1n) is 8.71. The van der Waals surface area contributed by atoms with Gasteiger partial charge in [0, 0.05) is 5.75 Å². The SMILES string of the molecule is Clc1ccc(CSC2=N[C@@H](c3ccccc3)[C@@H](c3ccccc3)N2)cc1Cl. The largest absolute Gasteiger partial charge is 0.356 e. The van der Waals surface area contributed by atoms with E-state index >= 15 is 0 Å². The number of nitrogens with one attached hydrogen (secondary N) is 1. The molecule has 0 bridgehead atoms. The predicted octanol–water partition coefficient (Wildman–Crippen LogP) is 6.67. The van der Waals surface area contributed by atoms with Gasteiger partial charge in [0.25, 0.3) is 0 Å². The molecule has 2 nitrogen and oxygen atoms in total. The lowest BCUT2D eigenvalue weighted by Crippen LogP contribution is -2.22. The summed E-state index contributed by atoms with van der Waals surface area (Å²) < 4.78 is 0. The molecule has 27 heavy (non-hydrogen) atoms. The van der Waals surface area contributed by atoms with Crippen LogP contribution in [-0.4, -0.2) is 5.17 Å². The molecule has 4 rings (SSSR count). The smallest absolute Gasteiger partial charge is 0.158 e. The Morgan fingerprint density at radius 3 is 2.15 bits per heavy atom. The fraction of sp³-hybridized carbons (Fsp3) is 0.136. The number of benzene rings is 3. The van der Waals surface area contributed by atoms with E-state index < -0.39 is 0 Å². The molecule has 0 aromatic heterocycles. The fourth-order valence-corrected chi connectivity index (χ4v) is 4.36. The minimum atomic E-state index is 0.0601. The lowest BCUT2D eigenvalue weighted by molar-refractivity contribution is 0.573. The molecule has 0 radical (unpaired) electrons. The number of hydrogen-bond acceptors (Lipinski definition) is 3. The maximum atomic E-state index is 6.13. The van der Waals surface area contributed by atoms with Crippen molar-refractivity contribution in [1.29, 1.82) is 0 Å². The summed E-state index contributed by atoms with van der Waals surface area (Å²) in [4.78, 5) is 4.98. The Hall–Kier alpha value is -1.94. The third kappa shape index (κ3) is 4.32. The van der Waals surface area contributed by atoms with E-state index in [0.29, 0.717) is 10.0 Å². The van der Waals surface area contributed by atoms with Crippen molar-refractivity contribution >= 4 is 40.1 Å². The average Bonchev–Trinajstić information content (AvgIpc) is 3.15. The van der Waals surface area contributed by atoms with Crippen molar-refractivity contribution in [3.05, 3.63) is 106 Å². The Labute approximate surface area is 173 Å². The third-order valence-corrected chi connectivity index (χ3v) is 6.22. The molecule has 1 N–H and O–H groups in total. The molecule has 1 aliphatic rings. The molecule has 0 aliphatic carbocycles. The first-order valence-corrected chi connectivity index (χ1v) is 10.5. The van der Waals surface area contributed by atoms with E-state index in [0.717, 1.165) is 16.5 Å². The maximum absolute atomic E-state index is 6.13. The van der Waals surface area contributed by atoms with Gasteiger partial charge in [-0.25, -0.2) is 0 Å².